The van der Waals surface area contributed by atoms with Crippen LogP contribution in [0.3, 0.4) is 0 Å². The summed E-state index contributed by atoms with van der Waals surface area (Å²) in [6.07, 6.45) is 5.03. The van der Waals surface area contributed by atoms with E-state index in [0.717, 1.165) is 37.7 Å². The standard InChI is InChI=1S/C17H23N3O/c1-13(2)19-11-17-18-8-9-20(17)12-14-7-10-21-16-6-4-3-5-15(14)16/h3-6,8-9,13-14,19H,7,10-12H2,1-2H3. The molecule has 4 heteroatoms. The van der Waals surface area contributed by atoms with Gasteiger partial charge in [-0.05, 0) is 18.1 Å². The summed E-state index contributed by atoms with van der Waals surface area (Å²) in [6, 6.07) is 8.85. The van der Waals surface area contributed by atoms with Crippen molar-refractivity contribution >= 4 is 0 Å². The van der Waals surface area contributed by atoms with E-state index in [0.29, 0.717) is 12.0 Å². The van der Waals surface area contributed by atoms with Crippen LogP contribution in [0.2, 0.25) is 0 Å². The van der Waals surface area contributed by atoms with Crippen molar-refractivity contribution in [3.63, 3.8) is 0 Å². The number of benzene rings is 1. The van der Waals surface area contributed by atoms with Crippen molar-refractivity contribution in [1.82, 2.24) is 14.9 Å². The highest BCUT2D eigenvalue weighted by molar-refractivity contribution is 5.37. The molecule has 1 atom stereocenters. The number of fused-ring (bicyclic) bond motifs is 1. The van der Waals surface area contributed by atoms with Gasteiger partial charge in [-0.15, -0.1) is 0 Å². The summed E-state index contributed by atoms with van der Waals surface area (Å²) < 4.78 is 8.01. The largest absolute Gasteiger partial charge is 0.493 e. The maximum Gasteiger partial charge on any atom is 0.122 e. The van der Waals surface area contributed by atoms with Crippen LogP contribution in [0.1, 0.15) is 37.6 Å². The van der Waals surface area contributed by atoms with E-state index in [9.17, 15) is 0 Å². The van der Waals surface area contributed by atoms with Crippen LogP contribution in [0, 0.1) is 0 Å². The minimum Gasteiger partial charge on any atom is -0.493 e. The van der Waals surface area contributed by atoms with Gasteiger partial charge in [0.1, 0.15) is 11.6 Å². The second kappa shape index (κ2) is 6.31. The number of nitrogens with one attached hydrogen (secondary N) is 1. The van der Waals surface area contributed by atoms with E-state index < -0.39 is 0 Å². The molecule has 21 heavy (non-hydrogen) atoms. The highest BCUT2D eigenvalue weighted by atomic mass is 16.5. The highest BCUT2D eigenvalue weighted by Crippen LogP contribution is 2.34. The molecule has 1 N–H and O–H groups in total. The molecule has 1 aliphatic rings. The molecule has 112 valence electrons. The summed E-state index contributed by atoms with van der Waals surface area (Å²) in [5, 5.41) is 3.44. The summed E-state index contributed by atoms with van der Waals surface area (Å²) in [5.74, 6) is 2.64. The van der Waals surface area contributed by atoms with E-state index >= 15 is 0 Å². The third-order valence-electron chi connectivity index (χ3n) is 3.97. The highest BCUT2D eigenvalue weighted by Gasteiger charge is 2.22. The summed E-state index contributed by atoms with van der Waals surface area (Å²) in [7, 11) is 0. The van der Waals surface area contributed by atoms with Crippen LogP contribution in [-0.4, -0.2) is 22.2 Å². The molecule has 0 radical (unpaired) electrons. The molecule has 2 aromatic rings. The van der Waals surface area contributed by atoms with Gasteiger partial charge in [-0.1, -0.05) is 32.0 Å². The SMILES string of the molecule is CC(C)NCc1nccn1CC1CCOc2ccccc21. The summed E-state index contributed by atoms with van der Waals surface area (Å²) in [6.45, 7) is 6.89. The molecular formula is C17H23N3O. The predicted molar refractivity (Wildman–Crippen MR) is 83.5 cm³/mol. The predicted octanol–water partition coefficient (Wildman–Crippen LogP) is 2.95. The minimum atomic E-state index is 0.471. The number of hydrogen-bond acceptors (Lipinski definition) is 3. The quantitative estimate of drug-likeness (QED) is 0.918. The smallest absolute Gasteiger partial charge is 0.122 e. The molecule has 0 saturated heterocycles. The lowest BCUT2D eigenvalue weighted by molar-refractivity contribution is 0.258. The van der Waals surface area contributed by atoms with Crippen LogP contribution in [0.4, 0.5) is 0 Å². The molecule has 2 heterocycles. The van der Waals surface area contributed by atoms with Crippen molar-refractivity contribution in [2.45, 2.75) is 45.3 Å². The average molecular weight is 285 g/mol. The molecular weight excluding hydrogens is 262 g/mol. The monoisotopic (exact) mass is 285 g/mol. The lowest BCUT2D eigenvalue weighted by atomic mass is 9.93. The van der Waals surface area contributed by atoms with Gasteiger partial charge in [0.2, 0.25) is 0 Å². The van der Waals surface area contributed by atoms with Crippen LogP contribution in [0.25, 0.3) is 0 Å². The summed E-state index contributed by atoms with van der Waals surface area (Å²) >= 11 is 0. The number of aromatic nitrogens is 2. The number of nitrogens with zero attached hydrogens (tertiary/aromatic N) is 2. The fourth-order valence-corrected chi connectivity index (χ4v) is 2.81. The number of imidazole rings is 1. The average Bonchev–Trinajstić information content (AvgIpc) is 2.93. The van der Waals surface area contributed by atoms with Gasteiger partial charge in [0.25, 0.3) is 0 Å². The molecule has 3 rings (SSSR count). The first-order valence-corrected chi connectivity index (χ1v) is 7.69. The Bertz CT molecular complexity index is 591. The van der Waals surface area contributed by atoms with Crippen LogP contribution >= 0.6 is 0 Å². The van der Waals surface area contributed by atoms with E-state index in [1.165, 1.54) is 5.56 Å². The molecule has 4 nitrogen and oxygen atoms in total. The fourth-order valence-electron chi connectivity index (χ4n) is 2.81. The van der Waals surface area contributed by atoms with Crippen molar-refractivity contribution < 1.29 is 4.74 Å². The number of rotatable bonds is 5. The zero-order chi connectivity index (χ0) is 14.7. The van der Waals surface area contributed by atoms with Crippen molar-refractivity contribution in [2.75, 3.05) is 6.61 Å². The molecule has 0 spiro atoms. The third-order valence-corrected chi connectivity index (χ3v) is 3.97. The first kappa shape index (κ1) is 14.1. The van der Waals surface area contributed by atoms with E-state index in [2.05, 4.69) is 53.1 Å². The Kier molecular flexibility index (Phi) is 4.25. The number of para-hydroxylation sites is 1. The van der Waals surface area contributed by atoms with E-state index in [1.54, 1.807) is 0 Å². The molecule has 1 aliphatic heterocycles. The Hall–Kier alpha value is -1.81. The molecule has 0 saturated carbocycles. The number of ether oxygens (including phenoxy) is 1. The first-order chi connectivity index (χ1) is 10.2. The van der Waals surface area contributed by atoms with Gasteiger partial charge in [0, 0.05) is 30.9 Å². The van der Waals surface area contributed by atoms with Crippen molar-refractivity contribution in [1.29, 1.82) is 0 Å². The van der Waals surface area contributed by atoms with Gasteiger partial charge >= 0.3 is 0 Å². The second-order valence-corrected chi connectivity index (χ2v) is 5.90. The normalized spacial score (nSPS) is 17.6. The van der Waals surface area contributed by atoms with Gasteiger partial charge in [0.15, 0.2) is 0 Å². The van der Waals surface area contributed by atoms with Gasteiger partial charge in [-0.3, -0.25) is 0 Å². The topological polar surface area (TPSA) is 39.1 Å². The maximum absolute atomic E-state index is 5.74. The Morgan fingerprint density at radius 1 is 1.38 bits per heavy atom. The molecule has 0 aliphatic carbocycles. The lowest BCUT2D eigenvalue weighted by Crippen LogP contribution is -2.25. The molecule has 0 fully saturated rings. The first-order valence-electron chi connectivity index (χ1n) is 7.69. The minimum absolute atomic E-state index is 0.471. The Balaban J connectivity index is 1.75. The molecule has 1 unspecified atom stereocenters. The summed E-state index contributed by atoms with van der Waals surface area (Å²) in [5.41, 5.74) is 1.32. The van der Waals surface area contributed by atoms with Gasteiger partial charge in [-0.25, -0.2) is 4.98 Å². The lowest BCUT2D eigenvalue weighted by Gasteiger charge is -2.26. The van der Waals surface area contributed by atoms with Crippen molar-refractivity contribution in [3.8, 4) is 5.75 Å². The fraction of sp³-hybridized carbons (Fsp3) is 0.471. The Labute approximate surface area is 126 Å². The molecule has 0 amide bonds. The zero-order valence-corrected chi connectivity index (χ0v) is 12.7. The summed E-state index contributed by atoms with van der Waals surface area (Å²) in [4.78, 5) is 4.48. The Morgan fingerprint density at radius 3 is 3.10 bits per heavy atom. The van der Waals surface area contributed by atoms with Crippen molar-refractivity contribution in [3.05, 3.63) is 48.0 Å². The third kappa shape index (κ3) is 3.27. The van der Waals surface area contributed by atoms with E-state index in [1.807, 2.05) is 12.3 Å². The second-order valence-electron chi connectivity index (χ2n) is 5.90. The van der Waals surface area contributed by atoms with Crippen molar-refractivity contribution in [2.24, 2.45) is 0 Å². The van der Waals surface area contributed by atoms with Crippen LogP contribution in [-0.2, 0) is 13.1 Å². The van der Waals surface area contributed by atoms with Gasteiger partial charge in [0.05, 0.1) is 13.2 Å². The molecule has 1 aromatic carbocycles. The van der Waals surface area contributed by atoms with Crippen LogP contribution in [0.15, 0.2) is 36.7 Å². The maximum atomic E-state index is 5.74. The van der Waals surface area contributed by atoms with E-state index in [-0.39, 0.29) is 0 Å². The van der Waals surface area contributed by atoms with Crippen LogP contribution < -0.4 is 10.1 Å². The molecule has 1 aromatic heterocycles. The van der Waals surface area contributed by atoms with Crippen LogP contribution in [0.5, 0.6) is 5.75 Å². The van der Waals surface area contributed by atoms with Gasteiger partial charge in [-0.2, -0.15) is 0 Å². The Morgan fingerprint density at radius 2 is 2.24 bits per heavy atom. The molecule has 0 bridgehead atoms. The zero-order valence-electron chi connectivity index (χ0n) is 12.7. The number of hydrogen-bond donors (Lipinski definition) is 1. The van der Waals surface area contributed by atoms with Gasteiger partial charge < -0.3 is 14.6 Å². The van der Waals surface area contributed by atoms with E-state index in [4.69, 9.17) is 4.74 Å².